The molecule has 1 unspecified atom stereocenters. The first-order chi connectivity index (χ1) is 22.1. The Morgan fingerprint density at radius 2 is 1.62 bits per heavy atom. The lowest BCUT2D eigenvalue weighted by Crippen LogP contribution is -2.48. The molecule has 2 aliphatic carbocycles. The fourth-order valence-electron chi connectivity index (χ4n) is 8.73. The van der Waals surface area contributed by atoms with Gasteiger partial charge in [0.05, 0.1) is 17.3 Å². The van der Waals surface area contributed by atoms with E-state index >= 15 is 0 Å². The Hall–Kier alpha value is -2.28. The van der Waals surface area contributed by atoms with Gasteiger partial charge in [-0.05, 0) is 114 Å². The van der Waals surface area contributed by atoms with Crippen molar-refractivity contribution in [1.82, 2.24) is 0 Å². The van der Waals surface area contributed by atoms with Crippen molar-refractivity contribution in [2.45, 2.75) is 176 Å². The van der Waals surface area contributed by atoms with E-state index in [0.717, 1.165) is 56.1 Å². The van der Waals surface area contributed by atoms with E-state index in [0.29, 0.717) is 31.6 Å². The normalized spacial score (nSPS) is 33.4. The summed E-state index contributed by atoms with van der Waals surface area (Å²) in [5.74, 6) is 0.269. The van der Waals surface area contributed by atoms with Crippen LogP contribution in [-0.4, -0.2) is 51.0 Å². The lowest BCUT2D eigenvalue weighted by molar-refractivity contribution is -0.152. The third-order valence-electron chi connectivity index (χ3n) is 11.3. The number of allylic oxidation sites excluding steroid dienone is 9. The number of esters is 1. The van der Waals surface area contributed by atoms with Crippen molar-refractivity contribution in [2.75, 3.05) is 0 Å². The fourth-order valence-corrected chi connectivity index (χ4v) is 8.73. The van der Waals surface area contributed by atoms with Gasteiger partial charge in [0.25, 0.3) is 0 Å². The zero-order valence-corrected chi connectivity index (χ0v) is 32.0. The molecule has 1 saturated heterocycles. The van der Waals surface area contributed by atoms with E-state index in [1.54, 1.807) is 0 Å². The maximum absolute atomic E-state index is 13.1. The zero-order valence-electron chi connectivity index (χ0n) is 32.0. The third-order valence-corrected chi connectivity index (χ3v) is 11.3. The summed E-state index contributed by atoms with van der Waals surface area (Å²) in [6.07, 6.45) is 21.3. The van der Waals surface area contributed by atoms with Gasteiger partial charge in [0.2, 0.25) is 0 Å². The van der Waals surface area contributed by atoms with Gasteiger partial charge in [0.15, 0.2) is 5.78 Å². The van der Waals surface area contributed by atoms with Gasteiger partial charge in [0.1, 0.15) is 11.7 Å². The number of rotatable bonds is 15. The van der Waals surface area contributed by atoms with E-state index in [1.807, 2.05) is 32.9 Å². The molecular formula is C42H66O6. The number of carbonyl (C=O) groups is 2. The van der Waals surface area contributed by atoms with Gasteiger partial charge in [0, 0.05) is 26.2 Å². The average Bonchev–Trinajstić information content (AvgIpc) is 3.53. The van der Waals surface area contributed by atoms with Gasteiger partial charge in [-0.25, -0.2) is 0 Å². The van der Waals surface area contributed by atoms with Crippen LogP contribution >= 0.6 is 0 Å². The number of Topliss-reactive ketones (excluding diaryl/α,β-unsaturated/α-hetero) is 1. The molecule has 0 amide bonds. The van der Waals surface area contributed by atoms with Gasteiger partial charge in [-0.2, -0.15) is 0 Å². The van der Waals surface area contributed by atoms with E-state index in [1.165, 1.54) is 18.1 Å². The second-order valence-corrected chi connectivity index (χ2v) is 17.1. The molecular weight excluding hydrogens is 600 g/mol. The predicted molar refractivity (Wildman–Crippen MR) is 195 cm³/mol. The van der Waals surface area contributed by atoms with E-state index in [-0.39, 0.29) is 34.8 Å². The fraction of sp³-hybridized carbons (Fsp3) is 0.714. The van der Waals surface area contributed by atoms with Gasteiger partial charge >= 0.3 is 5.97 Å². The van der Waals surface area contributed by atoms with E-state index in [9.17, 15) is 19.8 Å². The van der Waals surface area contributed by atoms with Crippen LogP contribution in [0.2, 0.25) is 0 Å². The molecule has 0 aromatic rings. The van der Waals surface area contributed by atoms with Gasteiger partial charge in [-0.15, -0.1) is 0 Å². The molecule has 0 spiro atoms. The number of unbranched alkanes of at least 4 members (excludes halogenated alkanes) is 1. The summed E-state index contributed by atoms with van der Waals surface area (Å²) in [5.41, 5.74) is 2.15. The minimum Gasteiger partial charge on any atom is -0.462 e. The molecule has 3 aliphatic rings. The van der Waals surface area contributed by atoms with Crippen LogP contribution < -0.4 is 0 Å². The number of hydrogen-bond acceptors (Lipinski definition) is 6. The third kappa shape index (κ3) is 10.1. The minimum atomic E-state index is -0.990. The van der Waals surface area contributed by atoms with Crippen molar-refractivity contribution in [1.29, 1.82) is 0 Å². The van der Waals surface area contributed by atoms with Crippen LogP contribution in [0, 0.1) is 16.7 Å². The Balaban J connectivity index is 1.38. The van der Waals surface area contributed by atoms with Crippen molar-refractivity contribution in [3.05, 3.63) is 58.7 Å². The van der Waals surface area contributed by atoms with E-state index in [2.05, 4.69) is 72.8 Å². The summed E-state index contributed by atoms with van der Waals surface area (Å²) in [7, 11) is 0. The summed E-state index contributed by atoms with van der Waals surface area (Å²) in [6.45, 7) is 22.3. The first-order valence-electron chi connectivity index (χ1n) is 18.3. The average molecular weight is 667 g/mol. The van der Waals surface area contributed by atoms with Crippen LogP contribution in [0.3, 0.4) is 0 Å². The molecule has 270 valence electrons. The molecule has 0 radical (unpaired) electrons. The highest BCUT2D eigenvalue weighted by molar-refractivity contribution is 5.96. The Bertz CT molecular complexity index is 1300. The zero-order chi connectivity index (χ0) is 36.1. The Morgan fingerprint density at radius 3 is 2.25 bits per heavy atom. The van der Waals surface area contributed by atoms with E-state index in [4.69, 9.17) is 9.47 Å². The summed E-state index contributed by atoms with van der Waals surface area (Å²) < 4.78 is 11.7. The second-order valence-electron chi connectivity index (χ2n) is 17.1. The lowest BCUT2D eigenvalue weighted by Gasteiger charge is -2.46. The number of epoxide rings is 1. The second kappa shape index (κ2) is 15.7. The Labute approximate surface area is 291 Å². The van der Waals surface area contributed by atoms with Crippen molar-refractivity contribution in [3.8, 4) is 0 Å². The monoisotopic (exact) mass is 666 g/mol. The molecule has 3 rings (SSSR count). The molecule has 6 atom stereocenters. The minimum absolute atomic E-state index is 0.125. The van der Waals surface area contributed by atoms with Crippen molar-refractivity contribution < 1.29 is 29.3 Å². The predicted octanol–water partition coefficient (Wildman–Crippen LogP) is 9.46. The van der Waals surface area contributed by atoms with Crippen LogP contribution in [0.5, 0.6) is 0 Å². The van der Waals surface area contributed by atoms with Crippen LogP contribution in [-0.2, 0) is 19.1 Å². The quantitative estimate of drug-likeness (QED) is 0.0451. The molecule has 3 fully saturated rings. The van der Waals surface area contributed by atoms with Crippen molar-refractivity contribution >= 4 is 11.8 Å². The SMILES string of the molecule is CC(=O)O[C@H]1CC(C)(C)C(=CC/C(C)=C/CC/C(C)=C/CCCC(C)/C=C/C=C(\C)C(=O)C[C@@]23O[C@]2(C)C[C@@H](O)CC3(C)C)[C@](C)(O)C1. The largest absolute Gasteiger partial charge is 0.462 e. The molecule has 1 heterocycles. The van der Waals surface area contributed by atoms with E-state index < -0.39 is 16.8 Å². The molecule has 0 aromatic heterocycles. The highest BCUT2D eigenvalue weighted by atomic mass is 16.6. The summed E-state index contributed by atoms with van der Waals surface area (Å²) >= 11 is 0. The smallest absolute Gasteiger partial charge is 0.302 e. The number of ketones is 1. The van der Waals surface area contributed by atoms with Crippen molar-refractivity contribution in [2.24, 2.45) is 16.7 Å². The van der Waals surface area contributed by atoms with Gasteiger partial charge in [-0.3, -0.25) is 9.59 Å². The Kier molecular flexibility index (Phi) is 13.2. The molecule has 2 saturated carbocycles. The first-order valence-corrected chi connectivity index (χ1v) is 18.3. The topological polar surface area (TPSA) is 96.4 Å². The number of aliphatic hydroxyl groups is 2. The number of ether oxygens (including phenoxy) is 2. The highest BCUT2D eigenvalue weighted by Gasteiger charge is 2.76. The van der Waals surface area contributed by atoms with Crippen LogP contribution in [0.25, 0.3) is 0 Å². The maximum Gasteiger partial charge on any atom is 0.302 e. The maximum atomic E-state index is 13.1. The molecule has 0 aromatic carbocycles. The number of carbonyl (C=O) groups excluding carboxylic acids is 2. The van der Waals surface area contributed by atoms with Crippen molar-refractivity contribution in [3.63, 3.8) is 0 Å². The molecule has 1 aliphatic heterocycles. The molecule has 2 N–H and O–H groups in total. The number of hydrogen-bond donors (Lipinski definition) is 2. The standard InChI is InChI=1S/C42H66O6/c1-29(18-14-19-31(3)22-23-37-38(6,7)26-35(47-33(5)43)27-40(37,10)46)16-12-13-17-30(2)20-15-21-32(4)36(45)28-42-39(8,9)24-34(44)25-41(42,11)48-42/h15-16,19-21,23,30,34-35,44,46H,12-14,17-18,22,24-28H2,1-11H3/b20-15+,29-16+,31-19+,32-21+,37-23?/t30?,34-,35-,40+,41+,42-/m0/s1. The van der Waals surface area contributed by atoms with Crippen LogP contribution in [0.4, 0.5) is 0 Å². The van der Waals surface area contributed by atoms with Gasteiger partial charge in [-0.1, -0.05) is 82.2 Å². The number of fused-ring (bicyclic) bond motifs is 1. The van der Waals surface area contributed by atoms with Crippen LogP contribution in [0.1, 0.15) is 147 Å². The lowest BCUT2D eigenvalue weighted by atomic mass is 9.61. The molecule has 6 nitrogen and oxygen atoms in total. The summed E-state index contributed by atoms with van der Waals surface area (Å²) in [5, 5.41) is 21.5. The first kappa shape index (κ1) is 40.2. The summed E-state index contributed by atoms with van der Waals surface area (Å²) in [4.78, 5) is 24.6. The highest BCUT2D eigenvalue weighted by Crippen LogP contribution is 2.67. The molecule has 6 heteroatoms. The Morgan fingerprint density at radius 1 is 0.958 bits per heavy atom. The molecule has 48 heavy (non-hydrogen) atoms. The molecule has 0 bridgehead atoms. The van der Waals surface area contributed by atoms with Gasteiger partial charge < -0.3 is 19.7 Å². The number of aliphatic hydroxyl groups excluding tert-OH is 1. The summed E-state index contributed by atoms with van der Waals surface area (Å²) in [6, 6.07) is 0. The van der Waals surface area contributed by atoms with Crippen LogP contribution in [0.15, 0.2) is 58.7 Å².